The zero-order valence-electron chi connectivity index (χ0n) is 29.5. The minimum absolute atomic E-state index is 0. The van der Waals surface area contributed by atoms with Crippen LogP contribution in [0.15, 0.2) is 42.9 Å². The second-order valence-electron chi connectivity index (χ2n) is 8.85. The molecule has 0 spiro atoms. The molecule has 0 saturated heterocycles. The molecular weight excluding hydrogens is 767 g/mol. The van der Waals surface area contributed by atoms with Gasteiger partial charge >= 0.3 is 53.9 Å². The topological polar surface area (TPSA) is 168 Å². The first-order valence-electron chi connectivity index (χ1n) is 14.6. The van der Waals surface area contributed by atoms with Gasteiger partial charge in [0, 0.05) is 13.8 Å². The largest absolute Gasteiger partial charge is 1.00 e. The summed E-state index contributed by atoms with van der Waals surface area (Å²) >= 11 is 1.62. The van der Waals surface area contributed by atoms with Crippen LogP contribution in [-0.4, -0.2) is 65.1 Å². The summed E-state index contributed by atoms with van der Waals surface area (Å²) in [6.45, 7) is 6.31. The molecule has 2 heterocycles. The predicted octanol–water partition coefficient (Wildman–Crippen LogP) is 4.24. The molecular formula is C29H31F8N6NaO6S2. The van der Waals surface area contributed by atoms with E-state index in [1.54, 1.807) is 13.8 Å². The molecule has 0 bridgehead atoms. The van der Waals surface area contributed by atoms with Gasteiger partial charge in [-0.2, -0.15) is 33.5 Å². The van der Waals surface area contributed by atoms with E-state index in [1.165, 1.54) is 21.0 Å². The van der Waals surface area contributed by atoms with E-state index in [9.17, 15) is 44.7 Å². The van der Waals surface area contributed by atoms with Gasteiger partial charge in [0.15, 0.2) is 0 Å². The van der Waals surface area contributed by atoms with Gasteiger partial charge in [-0.05, 0) is 35.8 Å². The number of anilines is 2. The molecule has 2 aromatic carbocycles. The van der Waals surface area contributed by atoms with Crippen molar-refractivity contribution >= 4 is 47.4 Å². The van der Waals surface area contributed by atoms with Crippen LogP contribution in [0.5, 0.6) is 5.75 Å². The van der Waals surface area contributed by atoms with Gasteiger partial charge in [0.25, 0.3) is 11.8 Å². The molecule has 23 heteroatoms. The number of rotatable bonds is 9. The Morgan fingerprint density at radius 2 is 1.19 bits per heavy atom. The quantitative estimate of drug-likeness (QED) is 0.141. The summed E-state index contributed by atoms with van der Waals surface area (Å²) in [5, 5.41) is 26.9. The number of benzene rings is 2. The van der Waals surface area contributed by atoms with Crippen molar-refractivity contribution in [2.75, 3.05) is 43.5 Å². The fraction of sp³-hybridized carbons (Fsp3) is 0.379. The summed E-state index contributed by atoms with van der Waals surface area (Å²) in [5.74, 6) is -2.05. The van der Waals surface area contributed by atoms with Crippen molar-refractivity contribution in [2.24, 2.45) is 0 Å². The predicted molar refractivity (Wildman–Crippen MR) is 169 cm³/mol. The number of hydrogen-bond donors (Lipinski definition) is 2. The fourth-order valence-electron chi connectivity index (χ4n) is 3.72. The van der Waals surface area contributed by atoms with Crippen LogP contribution in [0.2, 0.25) is 0 Å². The number of carbonyl (C=O) groups is 2. The Bertz CT molecular complexity index is 1770. The maximum atomic E-state index is 14.4. The molecule has 12 nitrogen and oxygen atoms in total. The first-order valence-corrected chi connectivity index (χ1v) is 15.8. The first kappa shape index (κ1) is 46.6. The second-order valence-corrected chi connectivity index (χ2v) is 11.4. The van der Waals surface area contributed by atoms with E-state index >= 15 is 0 Å². The van der Waals surface area contributed by atoms with Crippen LogP contribution in [-0.2, 0) is 12.4 Å². The molecule has 0 aliphatic carbocycles. The Hall–Kier alpha value is -3.44. The number of carbonyl (C=O) groups excluding carboxylic acids is 2. The summed E-state index contributed by atoms with van der Waals surface area (Å²) in [6, 6.07) is 2.94. The molecule has 282 valence electrons. The smallest absolute Gasteiger partial charge is 0.857 e. The average Bonchev–Trinajstić information content (AvgIpc) is 3.68. The molecule has 4 rings (SSSR count). The summed E-state index contributed by atoms with van der Waals surface area (Å²) < 4.78 is 123. The van der Waals surface area contributed by atoms with Crippen molar-refractivity contribution in [1.82, 2.24) is 20.4 Å². The van der Waals surface area contributed by atoms with Crippen molar-refractivity contribution in [2.45, 2.75) is 49.8 Å². The van der Waals surface area contributed by atoms with E-state index < -0.39 is 58.7 Å². The van der Waals surface area contributed by atoms with Crippen LogP contribution in [0, 0.1) is 19.7 Å². The molecule has 0 radical (unpaired) electrons. The molecule has 4 aromatic rings. The average molecular weight is 800 g/mol. The summed E-state index contributed by atoms with van der Waals surface area (Å²) in [5.41, 5.74) is -2.56. The minimum atomic E-state index is -4.71. The van der Waals surface area contributed by atoms with Crippen molar-refractivity contribution in [3.8, 4) is 5.75 Å². The Labute approximate surface area is 323 Å². The number of methoxy groups -OCH3 is 1. The Morgan fingerprint density at radius 1 is 0.808 bits per heavy atom. The van der Waals surface area contributed by atoms with Gasteiger partial charge in [-0.1, -0.05) is 24.0 Å². The number of aryl methyl sites for hydroxylation is 2. The fourth-order valence-corrected chi connectivity index (χ4v) is 5.54. The number of aromatic nitrogens is 4. The van der Waals surface area contributed by atoms with E-state index in [1.807, 2.05) is 0 Å². The number of nitrogens with zero attached hydrogens (tertiary/aromatic N) is 4. The van der Waals surface area contributed by atoms with E-state index in [2.05, 4.69) is 31.0 Å². The van der Waals surface area contributed by atoms with E-state index in [0.29, 0.717) is 23.6 Å². The van der Waals surface area contributed by atoms with E-state index in [4.69, 9.17) is 20.0 Å². The summed E-state index contributed by atoms with van der Waals surface area (Å²) in [6.07, 6.45) is -9.26. The summed E-state index contributed by atoms with van der Waals surface area (Å²) in [4.78, 5) is 23.5. The van der Waals surface area contributed by atoms with Crippen molar-refractivity contribution in [3.63, 3.8) is 0 Å². The molecule has 0 fully saturated rings. The molecule has 0 aliphatic rings. The molecule has 2 N–H and O–H groups in total. The molecule has 0 unspecified atom stereocenters. The van der Waals surface area contributed by atoms with Crippen LogP contribution >= 0.6 is 23.5 Å². The SMILES string of the molecule is CCSc1c(C(F)(F)F)ccc(C(=O)Nc2nnc(C)o2)c1F.CCSc1c(C(F)(F)F)ccc(C(=O)Nc2nnc(C)o2)c1OC.C[O-].[2H]CF.[Na+]. The van der Waals surface area contributed by atoms with Gasteiger partial charge in [0.05, 0.1) is 47.7 Å². The van der Waals surface area contributed by atoms with Crippen molar-refractivity contribution < 1.29 is 94.3 Å². The number of hydrogen-bond acceptors (Lipinski definition) is 12. The number of thioether (sulfide) groups is 2. The standard InChI is InChI=1S/C14H14F3N3O3S.C13H11F4N3O2S.CH3F.CH3O.Na/c1-4-24-11-9(14(15,16)17)6-5-8(10(11)22-3)12(21)18-13-20-19-7(2)23-13;1-3-23-10-8(13(15,16)17)5-4-7(9(10)14)11(21)18-12-20-19-6(2)22-12;2*1-2;/h5-6H,4H2,1-3H3,(H,18,20,21);4-5H,3H2,1-2H3,(H,18,20,21);2*1H3;/q;;;-1;+1/i;;1D;;. The monoisotopic (exact) mass is 799 g/mol. The number of nitrogens with one attached hydrogen (secondary N) is 2. The molecule has 2 aromatic heterocycles. The maximum Gasteiger partial charge on any atom is 1.00 e. The normalized spacial score (nSPS) is 10.9. The van der Waals surface area contributed by atoms with Gasteiger partial charge in [-0.3, -0.25) is 24.6 Å². The zero-order chi connectivity index (χ0) is 39.8. The van der Waals surface area contributed by atoms with Gasteiger partial charge in [0.1, 0.15) is 11.6 Å². The van der Waals surface area contributed by atoms with Gasteiger partial charge in [-0.25, -0.2) is 4.39 Å². The van der Waals surface area contributed by atoms with Crippen molar-refractivity contribution in [1.29, 1.82) is 0 Å². The third kappa shape index (κ3) is 13.5. The summed E-state index contributed by atoms with van der Waals surface area (Å²) in [7, 11) is 0.961. The van der Waals surface area contributed by atoms with Crippen LogP contribution < -0.4 is 50.0 Å². The van der Waals surface area contributed by atoms with E-state index in [0.717, 1.165) is 37.1 Å². The molecule has 0 saturated carbocycles. The Kier molecular flexibility index (Phi) is 20.2. The van der Waals surface area contributed by atoms with Crippen molar-refractivity contribution in [3.05, 3.63) is 64.1 Å². The molecule has 52 heavy (non-hydrogen) atoms. The minimum Gasteiger partial charge on any atom is -0.857 e. The number of halogens is 8. The van der Waals surface area contributed by atoms with Gasteiger partial charge < -0.3 is 18.7 Å². The second kappa shape index (κ2) is 22.6. The Morgan fingerprint density at radius 3 is 1.56 bits per heavy atom. The maximum absolute atomic E-state index is 14.4. The van der Waals surface area contributed by atoms with Crippen LogP contribution in [0.3, 0.4) is 0 Å². The Balaban J connectivity index is 0.000000895. The third-order valence-electron chi connectivity index (χ3n) is 5.58. The first-order chi connectivity index (χ1) is 24.4. The number of amides is 2. The third-order valence-corrected chi connectivity index (χ3v) is 7.54. The molecule has 0 atom stereocenters. The molecule has 2 amide bonds. The zero-order valence-corrected chi connectivity index (χ0v) is 32.1. The number of alkyl halides is 7. The molecule has 0 aliphatic heterocycles. The van der Waals surface area contributed by atoms with Gasteiger partial charge in [0.2, 0.25) is 11.8 Å². The van der Waals surface area contributed by atoms with Crippen LogP contribution in [0.1, 0.15) is 58.8 Å². The number of ether oxygens (including phenoxy) is 1. The van der Waals surface area contributed by atoms with Crippen LogP contribution in [0.25, 0.3) is 0 Å². The van der Waals surface area contributed by atoms with Gasteiger partial charge in [-0.15, -0.1) is 33.7 Å². The van der Waals surface area contributed by atoms with Crippen LogP contribution in [0.4, 0.5) is 47.2 Å². The van der Waals surface area contributed by atoms with E-state index in [-0.39, 0.29) is 75.3 Å².